The van der Waals surface area contributed by atoms with Gasteiger partial charge in [-0.3, -0.25) is 19.7 Å². The van der Waals surface area contributed by atoms with Crippen LogP contribution in [0.15, 0.2) is 66.7 Å². The summed E-state index contributed by atoms with van der Waals surface area (Å²) in [6.07, 6.45) is 10.1. The maximum Gasteiger partial charge on any atom is 0.276 e. The second kappa shape index (κ2) is 11.8. The van der Waals surface area contributed by atoms with E-state index in [0.717, 1.165) is 34.8 Å². The highest BCUT2D eigenvalue weighted by Crippen LogP contribution is 2.32. The van der Waals surface area contributed by atoms with E-state index in [2.05, 4.69) is 11.5 Å². The van der Waals surface area contributed by atoms with Gasteiger partial charge in [0.15, 0.2) is 11.6 Å². The predicted octanol–water partition coefficient (Wildman–Crippen LogP) is 8.16. The summed E-state index contributed by atoms with van der Waals surface area (Å²) in [4.78, 5) is 36.0. The quantitative estimate of drug-likeness (QED) is 0.0651. The number of unbranched alkanes of at least 4 members (excludes halogenated alkanes) is 5. The highest BCUT2D eigenvalue weighted by Gasteiger charge is 2.15. The number of carbonyl (C=O) groups is 2. The molecule has 0 N–H and O–H groups in total. The number of ketones is 2. The summed E-state index contributed by atoms with van der Waals surface area (Å²) in [6, 6.07) is 17.7. The van der Waals surface area contributed by atoms with E-state index in [9.17, 15) is 19.7 Å². The number of benzene rings is 3. The number of rotatable bonds is 12. The van der Waals surface area contributed by atoms with Gasteiger partial charge in [-0.2, -0.15) is 0 Å². The third-order valence-electron chi connectivity index (χ3n) is 6.84. The third kappa shape index (κ3) is 5.85. The number of nitro groups is 1. The topological polar surface area (TPSA) is 82.2 Å². The Balaban J connectivity index is 1.68. The molecule has 0 amide bonds. The van der Waals surface area contributed by atoms with Crippen LogP contribution in [0.4, 0.5) is 5.69 Å². The van der Waals surface area contributed by atoms with Crippen LogP contribution in [-0.4, -0.2) is 21.1 Å². The second-order valence-electron chi connectivity index (χ2n) is 9.45. The van der Waals surface area contributed by atoms with Crippen LogP contribution >= 0.6 is 0 Å². The normalized spacial score (nSPS) is 11.5. The maximum absolute atomic E-state index is 13.0. The van der Waals surface area contributed by atoms with Gasteiger partial charge in [-0.05, 0) is 68.0 Å². The van der Waals surface area contributed by atoms with Gasteiger partial charge in [0.05, 0.1) is 10.5 Å². The Labute approximate surface area is 216 Å². The van der Waals surface area contributed by atoms with Gasteiger partial charge in [-0.15, -0.1) is 0 Å². The standard InChI is InChI=1S/C31H32N2O4/c1-3-4-5-6-7-10-19-32-29-16-13-24(22(2)34)20-26(29)27-21-25(14-17-30(27)32)31(35)18-15-23-11-8-9-12-28(23)33(36)37/h8-9,11-18,20-21H,3-7,10,19H2,1-2H3/b18-15+. The first-order chi connectivity index (χ1) is 17.9. The summed E-state index contributed by atoms with van der Waals surface area (Å²) in [5.74, 6) is -0.238. The van der Waals surface area contributed by atoms with Crippen molar-refractivity contribution in [3.05, 3.63) is 93.5 Å². The van der Waals surface area contributed by atoms with E-state index in [1.54, 1.807) is 31.2 Å². The highest BCUT2D eigenvalue weighted by atomic mass is 16.6. The fraction of sp³-hybridized carbons (Fsp3) is 0.290. The van der Waals surface area contributed by atoms with Gasteiger partial charge in [0.2, 0.25) is 0 Å². The van der Waals surface area contributed by atoms with Gasteiger partial charge in [0.25, 0.3) is 5.69 Å². The Hall–Kier alpha value is -4.06. The monoisotopic (exact) mass is 496 g/mol. The van der Waals surface area contributed by atoms with Crippen molar-refractivity contribution in [1.29, 1.82) is 0 Å². The first-order valence-corrected chi connectivity index (χ1v) is 12.9. The number of aromatic nitrogens is 1. The molecule has 6 heteroatoms. The number of hydrogen-bond donors (Lipinski definition) is 0. The lowest BCUT2D eigenvalue weighted by Gasteiger charge is -2.08. The van der Waals surface area contributed by atoms with Crippen molar-refractivity contribution in [1.82, 2.24) is 4.57 Å². The van der Waals surface area contributed by atoms with Crippen LogP contribution in [0.1, 0.15) is 78.7 Å². The van der Waals surface area contributed by atoms with Crippen LogP contribution < -0.4 is 0 Å². The molecule has 4 aromatic rings. The average Bonchev–Trinajstić information content (AvgIpc) is 3.21. The zero-order chi connectivity index (χ0) is 26.4. The van der Waals surface area contributed by atoms with Crippen molar-refractivity contribution in [3.8, 4) is 0 Å². The first kappa shape index (κ1) is 26.0. The molecule has 0 aliphatic carbocycles. The summed E-state index contributed by atoms with van der Waals surface area (Å²) >= 11 is 0. The van der Waals surface area contributed by atoms with E-state index in [1.807, 2.05) is 30.3 Å². The van der Waals surface area contributed by atoms with Crippen molar-refractivity contribution >= 4 is 45.1 Å². The fourth-order valence-electron chi connectivity index (χ4n) is 4.82. The molecule has 6 nitrogen and oxygen atoms in total. The first-order valence-electron chi connectivity index (χ1n) is 12.9. The van der Waals surface area contributed by atoms with E-state index in [4.69, 9.17) is 0 Å². The molecule has 0 spiro atoms. The number of carbonyl (C=O) groups excluding carboxylic acids is 2. The summed E-state index contributed by atoms with van der Waals surface area (Å²) in [5, 5.41) is 13.2. The third-order valence-corrected chi connectivity index (χ3v) is 6.84. The zero-order valence-electron chi connectivity index (χ0n) is 21.4. The van der Waals surface area contributed by atoms with E-state index in [0.29, 0.717) is 16.7 Å². The molecule has 0 unspecified atom stereocenters. The van der Waals surface area contributed by atoms with Crippen LogP contribution in [0.3, 0.4) is 0 Å². The Bertz CT molecular complexity index is 1500. The molecule has 0 saturated carbocycles. The minimum atomic E-state index is -0.457. The molecule has 1 aromatic heterocycles. The lowest BCUT2D eigenvalue weighted by atomic mass is 10.0. The largest absolute Gasteiger partial charge is 0.340 e. The molecule has 0 radical (unpaired) electrons. The average molecular weight is 497 g/mol. The Morgan fingerprint density at radius 3 is 2.16 bits per heavy atom. The Kier molecular flexibility index (Phi) is 8.29. The van der Waals surface area contributed by atoms with Crippen molar-refractivity contribution in [3.63, 3.8) is 0 Å². The van der Waals surface area contributed by atoms with Gasteiger partial charge in [-0.25, -0.2) is 0 Å². The summed E-state index contributed by atoms with van der Waals surface area (Å²) < 4.78 is 2.28. The molecule has 0 atom stereocenters. The van der Waals surface area contributed by atoms with Crippen LogP contribution in [0.2, 0.25) is 0 Å². The lowest BCUT2D eigenvalue weighted by Crippen LogP contribution is -1.99. The van der Waals surface area contributed by atoms with E-state index < -0.39 is 4.92 Å². The van der Waals surface area contributed by atoms with Gasteiger partial charge >= 0.3 is 0 Å². The molecule has 0 bridgehead atoms. The number of fused-ring (bicyclic) bond motifs is 3. The number of nitrogens with zero attached hydrogens (tertiary/aromatic N) is 2. The number of nitro benzene ring substituents is 1. The molecule has 1 heterocycles. The smallest absolute Gasteiger partial charge is 0.276 e. The molecule has 0 aliphatic rings. The molecule has 190 valence electrons. The van der Waals surface area contributed by atoms with Crippen LogP contribution in [0, 0.1) is 10.1 Å². The number of aryl methyl sites for hydroxylation is 1. The van der Waals surface area contributed by atoms with E-state index in [1.165, 1.54) is 50.3 Å². The van der Waals surface area contributed by atoms with Crippen molar-refractivity contribution in [2.24, 2.45) is 0 Å². The SMILES string of the molecule is CCCCCCCCn1c2ccc(C(C)=O)cc2c2cc(C(=O)/C=C/c3ccccc3[N+](=O)[O-])ccc21. The maximum atomic E-state index is 13.0. The molecule has 3 aromatic carbocycles. The Morgan fingerprint density at radius 1 is 0.865 bits per heavy atom. The number of allylic oxidation sites excluding steroid dienone is 1. The lowest BCUT2D eigenvalue weighted by molar-refractivity contribution is -0.385. The molecule has 0 fully saturated rings. The molecule has 37 heavy (non-hydrogen) atoms. The second-order valence-corrected chi connectivity index (χ2v) is 9.45. The minimum Gasteiger partial charge on any atom is -0.340 e. The van der Waals surface area contributed by atoms with E-state index >= 15 is 0 Å². The van der Waals surface area contributed by atoms with Crippen LogP contribution in [0.25, 0.3) is 27.9 Å². The summed E-state index contributed by atoms with van der Waals surface area (Å²) in [6.45, 7) is 4.64. The highest BCUT2D eigenvalue weighted by molar-refractivity contribution is 6.14. The molecule has 0 saturated heterocycles. The van der Waals surface area contributed by atoms with Crippen LogP contribution in [0.5, 0.6) is 0 Å². The number of Topliss-reactive ketones (excluding diaryl/α,β-unsaturated/α-hetero) is 1. The number of hydrogen-bond acceptors (Lipinski definition) is 4. The van der Waals surface area contributed by atoms with Crippen LogP contribution in [-0.2, 0) is 6.54 Å². The van der Waals surface area contributed by atoms with Gasteiger partial charge < -0.3 is 4.57 Å². The van der Waals surface area contributed by atoms with E-state index in [-0.39, 0.29) is 17.3 Å². The zero-order valence-corrected chi connectivity index (χ0v) is 21.4. The Morgan fingerprint density at radius 2 is 1.49 bits per heavy atom. The molecule has 4 rings (SSSR count). The van der Waals surface area contributed by atoms with Crippen molar-refractivity contribution in [2.75, 3.05) is 0 Å². The summed E-state index contributed by atoms with van der Waals surface area (Å²) in [5.41, 5.74) is 3.55. The predicted molar refractivity (Wildman–Crippen MR) is 149 cm³/mol. The summed E-state index contributed by atoms with van der Waals surface area (Å²) in [7, 11) is 0. The number of para-hydroxylation sites is 1. The minimum absolute atomic E-state index is 0.00153. The van der Waals surface area contributed by atoms with Gasteiger partial charge in [-0.1, -0.05) is 51.2 Å². The van der Waals surface area contributed by atoms with Gasteiger partial charge in [0.1, 0.15) is 0 Å². The van der Waals surface area contributed by atoms with Crippen molar-refractivity contribution < 1.29 is 14.5 Å². The molecular formula is C31H32N2O4. The van der Waals surface area contributed by atoms with Gasteiger partial charge in [0, 0.05) is 45.5 Å². The van der Waals surface area contributed by atoms with Crippen molar-refractivity contribution in [2.45, 2.75) is 58.9 Å². The fourth-order valence-corrected chi connectivity index (χ4v) is 4.82. The molecular weight excluding hydrogens is 464 g/mol. The molecule has 0 aliphatic heterocycles.